The highest BCUT2D eigenvalue weighted by Crippen LogP contribution is 2.29. The molecule has 9 heteroatoms. The van der Waals surface area contributed by atoms with Gasteiger partial charge in [-0.15, -0.1) is 0 Å². The second kappa shape index (κ2) is 11.5. The standard InChI is InChI=1S/C25H28ClN3O4S/c1-4-33-25(30)18(2)14-22-15-20(17-29(22)3)24(19-6-5-12-27-16-19)11-13-28-34(31,32)23-9-7-21(26)8-10-23/h5-10,12,14-17,24,28H,4,11,13H2,1-3H3/b18-14+. The second-order valence-corrected chi connectivity index (χ2v) is 10.0. The van der Waals surface area contributed by atoms with Crippen molar-refractivity contribution < 1.29 is 17.9 Å². The van der Waals surface area contributed by atoms with Gasteiger partial charge in [0.05, 0.1) is 11.5 Å². The van der Waals surface area contributed by atoms with Crippen LogP contribution in [0.4, 0.5) is 0 Å². The van der Waals surface area contributed by atoms with Gasteiger partial charge in [-0.3, -0.25) is 4.98 Å². The number of halogens is 1. The first-order valence-electron chi connectivity index (χ1n) is 10.9. The minimum absolute atomic E-state index is 0.0992. The molecule has 1 atom stereocenters. The van der Waals surface area contributed by atoms with E-state index in [-0.39, 0.29) is 23.3 Å². The number of carbonyl (C=O) groups is 1. The number of carbonyl (C=O) groups excluding carboxylic acids is 1. The molecule has 0 saturated heterocycles. The van der Waals surface area contributed by atoms with Gasteiger partial charge in [0, 0.05) is 54.4 Å². The Hall–Kier alpha value is -2.94. The van der Waals surface area contributed by atoms with Gasteiger partial charge in [0.15, 0.2) is 0 Å². The lowest BCUT2D eigenvalue weighted by Crippen LogP contribution is -2.26. The summed E-state index contributed by atoms with van der Waals surface area (Å²) in [6.45, 7) is 4.03. The number of aryl methyl sites for hydroxylation is 1. The Labute approximate surface area is 205 Å². The predicted octanol–water partition coefficient (Wildman–Crippen LogP) is 4.54. The van der Waals surface area contributed by atoms with E-state index in [2.05, 4.69) is 9.71 Å². The Morgan fingerprint density at radius 3 is 2.62 bits per heavy atom. The van der Waals surface area contributed by atoms with E-state index in [9.17, 15) is 13.2 Å². The van der Waals surface area contributed by atoms with Crippen LogP contribution in [0.2, 0.25) is 5.02 Å². The summed E-state index contributed by atoms with van der Waals surface area (Å²) in [6.07, 6.45) is 7.76. The Kier molecular flexibility index (Phi) is 8.66. The summed E-state index contributed by atoms with van der Waals surface area (Å²) in [5.74, 6) is -0.455. The Balaban J connectivity index is 1.82. The minimum Gasteiger partial charge on any atom is -0.463 e. The smallest absolute Gasteiger partial charge is 0.333 e. The summed E-state index contributed by atoms with van der Waals surface area (Å²) in [5.41, 5.74) is 3.31. The van der Waals surface area contributed by atoms with Crippen molar-refractivity contribution in [3.8, 4) is 0 Å². The fourth-order valence-electron chi connectivity index (χ4n) is 3.61. The van der Waals surface area contributed by atoms with Crippen LogP contribution in [0.15, 0.2) is 71.5 Å². The number of nitrogens with zero attached hydrogens (tertiary/aromatic N) is 2. The molecule has 3 aromatic rings. The molecule has 1 N–H and O–H groups in total. The molecule has 7 nitrogen and oxygen atoms in total. The molecule has 2 aromatic heterocycles. The van der Waals surface area contributed by atoms with E-state index >= 15 is 0 Å². The van der Waals surface area contributed by atoms with E-state index < -0.39 is 10.0 Å². The van der Waals surface area contributed by atoms with Crippen LogP contribution >= 0.6 is 11.6 Å². The Bertz CT molecular complexity index is 1250. The van der Waals surface area contributed by atoms with Crippen LogP contribution in [0.3, 0.4) is 0 Å². The van der Waals surface area contributed by atoms with E-state index in [0.717, 1.165) is 16.8 Å². The summed E-state index contributed by atoms with van der Waals surface area (Å²) >= 11 is 5.87. The van der Waals surface area contributed by atoms with E-state index in [4.69, 9.17) is 16.3 Å². The molecule has 2 heterocycles. The van der Waals surface area contributed by atoms with Crippen molar-refractivity contribution >= 4 is 33.7 Å². The maximum Gasteiger partial charge on any atom is 0.333 e. The molecule has 1 unspecified atom stereocenters. The lowest BCUT2D eigenvalue weighted by Gasteiger charge is -2.16. The van der Waals surface area contributed by atoms with Crippen molar-refractivity contribution in [2.24, 2.45) is 7.05 Å². The van der Waals surface area contributed by atoms with Gasteiger partial charge in [-0.2, -0.15) is 0 Å². The number of esters is 1. The van der Waals surface area contributed by atoms with Crippen LogP contribution in [-0.2, 0) is 26.6 Å². The summed E-state index contributed by atoms with van der Waals surface area (Å²) in [4.78, 5) is 16.4. The molecule has 0 spiro atoms. The number of ether oxygens (including phenoxy) is 1. The highest BCUT2D eigenvalue weighted by molar-refractivity contribution is 7.89. The fourth-order valence-corrected chi connectivity index (χ4v) is 4.78. The lowest BCUT2D eigenvalue weighted by molar-refractivity contribution is -0.138. The summed E-state index contributed by atoms with van der Waals surface area (Å²) in [6, 6.07) is 11.9. The highest BCUT2D eigenvalue weighted by atomic mass is 35.5. The first kappa shape index (κ1) is 25.7. The molecule has 1 aromatic carbocycles. The molecule has 34 heavy (non-hydrogen) atoms. The number of pyridine rings is 1. The normalized spacial score (nSPS) is 13.0. The Morgan fingerprint density at radius 1 is 1.24 bits per heavy atom. The van der Waals surface area contributed by atoms with E-state index in [1.807, 2.05) is 36.0 Å². The molecule has 0 aliphatic rings. The zero-order chi connectivity index (χ0) is 24.7. The Morgan fingerprint density at radius 2 is 1.97 bits per heavy atom. The molecule has 3 rings (SSSR count). The third-order valence-electron chi connectivity index (χ3n) is 5.36. The molecule has 0 bridgehead atoms. The molecule has 0 aliphatic heterocycles. The van der Waals surface area contributed by atoms with Crippen molar-refractivity contribution in [1.82, 2.24) is 14.3 Å². The summed E-state index contributed by atoms with van der Waals surface area (Å²) in [5, 5.41) is 0.475. The van der Waals surface area contributed by atoms with Gasteiger partial charge in [-0.25, -0.2) is 17.9 Å². The van der Waals surface area contributed by atoms with Gasteiger partial charge >= 0.3 is 5.97 Å². The van der Waals surface area contributed by atoms with Gasteiger partial charge in [0.1, 0.15) is 0 Å². The van der Waals surface area contributed by atoms with Gasteiger partial charge in [-0.1, -0.05) is 17.7 Å². The first-order valence-corrected chi connectivity index (χ1v) is 12.7. The first-order chi connectivity index (χ1) is 16.2. The third kappa shape index (κ3) is 6.56. The molecular formula is C25H28ClN3O4S. The van der Waals surface area contributed by atoms with Crippen LogP contribution in [0, 0.1) is 0 Å². The number of rotatable bonds is 10. The molecule has 0 amide bonds. The lowest BCUT2D eigenvalue weighted by atomic mass is 9.91. The maximum absolute atomic E-state index is 12.7. The van der Waals surface area contributed by atoms with E-state index in [1.54, 1.807) is 44.4 Å². The highest BCUT2D eigenvalue weighted by Gasteiger charge is 2.20. The van der Waals surface area contributed by atoms with Gasteiger partial charge in [-0.05, 0) is 73.9 Å². The van der Waals surface area contributed by atoms with E-state index in [1.165, 1.54) is 12.1 Å². The number of benzene rings is 1. The number of hydrogen-bond donors (Lipinski definition) is 1. The maximum atomic E-state index is 12.7. The molecular weight excluding hydrogens is 474 g/mol. The van der Waals surface area contributed by atoms with Crippen LogP contribution < -0.4 is 4.72 Å². The third-order valence-corrected chi connectivity index (χ3v) is 7.09. The SMILES string of the molecule is CCOC(=O)/C(C)=C/c1cc(C(CCNS(=O)(=O)c2ccc(Cl)cc2)c2cccnc2)cn1C. The number of sulfonamides is 1. The second-order valence-electron chi connectivity index (χ2n) is 7.84. The number of hydrogen-bond acceptors (Lipinski definition) is 5. The van der Waals surface area contributed by atoms with Gasteiger partial charge < -0.3 is 9.30 Å². The zero-order valence-electron chi connectivity index (χ0n) is 19.4. The average Bonchev–Trinajstić information content (AvgIpc) is 3.17. The van der Waals surface area contributed by atoms with Gasteiger partial charge in [0.25, 0.3) is 0 Å². The summed E-state index contributed by atoms with van der Waals surface area (Å²) < 4.78 is 35.0. The van der Waals surface area contributed by atoms with Crippen LogP contribution in [-0.4, -0.2) is 37.1 Å². The van der Waals surface area contributed by atoms with Crippen molar-refractivity contribution in [1.29, 1.82) is 0 Å². The molecule has 180 valence electrons. The number of aromatic nitrogens is 2. The molecule has 0 saturated carbocycles. The monoisotopic (exact) mass is 501 g/mol. The minimum atomic E-state index is -3.66. The largest absolute Gasteiger partial charge is 0.463 e. The summed E-state index contributed by atoms with van der Waals surface area (Å²) in [7, 11) is -1.76. The van der Waals surface area contributed by atoms with Crippen LogP contribution in [0.25, 0.3) is 6.08 Å². The zero-order valence-corrected chi connectivity index (χ0v) is 20.9. The fraction of sp³-hybridized carbons (Fsp3) is 0.280. The molecule has 0 fully saturated rings. The van der Waals surface area contributed by atoms with E-state index in [0.29, 0.717) is 23.6 Å². The van der Waals surface area contributed by atoms with Crippen molar-refractivity contribution in [3.63, 3.8) is 0 Å². The van der Waals surface area contributed by atoms with Gasteiger partial charge in [0.2, 0.25) is 10.0 Å². The topological polar surface area (TPSA) is 90.3 Å². The van der Waals surface area contributed by atoms with Crippen LogP contribution in [0.1, 0.15) is 43.0 Å². The van der Waals surface area contributed by atoms with Crippen LogP contribution in [0.5, 0.6) is 0 Å². The molecule has 0 aliphatic carbocycles. The quantitative estimate of drug-likeness (QED) is 0.325. The average molecular weight is 502 g/mol. The predicted molar refractivity (Wildman–Crippen MR) is 133 cm³/mol. The van der Waals surface area contributed by atoms with Crippen molar-refractivity contribution in [3.05, 3.63) is 88.5 Å². The van der Waals surface area contributed by atoms with Crippen molar-refractivity contribution in [2.45, 2.75) is 31.1 Å². The van der Waals surface area contributed by atoms with Crippen molar-refractivity contribution in [2.75, 3.05) is 13.2 Å². The number of nitrogens with one attached hydrogen (secondary N) is 1. The molecule has 0 radical (unpaired) electrons.